The van der Waals surface area contributed by atoms with Gasteiger partial charge < -0.3 is 5.73 Å². The summed E-state index contributed by atoms with van der Waals surface area (Å²) in [7, 11) is 0. The summed E-state index contributed by atoms with van der Waals surface area (Å²) in [6.07, 6.45) is 1.96. The minimum atomic E-state index is 0.137. The Hall–Kier alpha value is -1.37. The number of fused-ring (bicyclic) bond motifs is 1. The van der Waals surface area contributed by atoms with Crippen LogP contribution in [0, 0.1) is 0 Å². The summed E-state index contributed by atoms with van der Waals surface area (Å²) in [5.41, 5.74) is 7.95. The van der Waals surface area contributed by atoms with Gasteiger partial charge in [-0.15, -0.1) is 10.2 Å². The van der Waals surface area contributed by atoms with E-state index < -0.39 is 0 Å². The lowest BCUT2D eigenvalue weighted by Crippen LogP contribution is -2.10. The number of halogens is 1. The highest BCUT2D eigenvalue weighted by Gasteiger charge is 2.17. The zero-order valence-corrected chi connectivity index (χ0v) is 13.0. The maximum atomic E-state index is 5.94. The van der Waals surface area contributed by atoms with Crippen molar-refractivity contribution in [3.8, 4) is 0 Å². The lowest BCUT2D eigenvalue weighted by atomic mass is 10.1. The van der Waals surface area contributed by atoms with Gasteiger partial charge in [-0.3, -0.25) is 4.40 Å². The third-order valence-corrected chi connectivity index (χ3v) is 4.94. The Kier molecular flexibility index (Phi) is 4.05. The van der Waals surface area contributed by atoms with E-state index in [0.717, 1.165) is 15.3 Å². The fourth-order valence-corrected chi connectivity index (χ4v) is 3.75. The van der Waals surface area contributed by atoms with E-state index in [-0.39, 0.29) is 5.25 Å². The summed E-state index contributed by atoms with van der Waals surface area (Å²) in [6.45, 7) is 0.537. The number of hydrogen-bond acceptors (Lipinski definition) is 4. The van der Waals surface area contributed by atoms with Crippen LogP contribution in [-0.4, -0.2) is 21.1 Å². The Bertz CT molecular complexity index is 728. The fraction of sp³-hybridized carbons (Fsp3) is 0.143. The number of nitrogens with two attached hydrogens (primary N) is 1. The molecule has 2 heterocycles. The van der Waals surface area contributed by atoms with E-state index in [9.17, 15) is 0 Å². The average molecular weight is 349 g/mol. The van der Waals surface area contributed by atoms with Crippen LogP contribution in [0.15, 0.2) is 58.3 Å². The van der Waals surface area contributed by atoms with Crippen molar-refractivity contribution in [2.24, 2.45) is 5.73 Å². The quantitative estimate of drug-likeness (QED) is 0.735. The molecule has 2 N–H and O–H groups in total. The Morgan fingerprint density at radius 1 is 1.15 bits per heavy atom. The van der Waals surface area contributed by atoms with Crippen molar-refractivity contribution in [2.75, 3.05) is 6.54 Å². The molecule has 0 saturated heterocycles. The van der Waals surface area contributed by atoms with Crippen LogP contribution in [0.3, 0.4) is 0 Å². The highest BCUT2D eigenvalue weighted by Crippen LogP contribution is 2.36. The van der Waals surface area contributed by atoms with Crippen LogP contribution in [0.25, 0.3) is 5.65 Å². The van der Waals surface area contributed by atoms with E-state index in [2.05, 4.69) is 32.2 Å². The molecular formula is C14H13BrN4S. The van der Waals surface area contributed by atoms with Crippen molar-refractivity contribution in [3.63, 3.8) is 0 Å². The van der Waals surface area contributed by atoms with Gasteiger partial charge in [-0.1, -0.05) is 52.0 Å². The SMILES string of the molecule is NCC(Sc1nnc2ccccn12)c1ccccc1Br. The van der Waals surface area contributed by atoms with E-state index >= 15 is 0 Å². The van der Waals surface area contributed by atoms with Crippen LogP contribution in [-0.2, 0) is 0 Å². The molecule has 0 aliphatic carbocycles. The van der Waals surface area contributed by atoms with Crippen molar-refractivity contribution < 1.29 is 0 Å². The first-order valence-electron chi connectivity index (χ1n) is 6.20. The van der Waals surface area contributed by atoms with Crippen molar-refractivity contribution in [1.82, 2.24) is 14.6 Å². The molecule has 6 heteroatoms. The molecule has 3 rings (SSSR count). The molecule has 0 amide bonds. The summed E-state index contributed by atoms with van der Waals surface area (Å²) in [5.74, 6) is 0. The van der Waals surface area contributed by atoms with Gasteiger partial charge in [0.1, 0.15) is 0 Å². The number of hydrogen-bond donors (Lipinski definition) is 1. The molecule has 102 valence electrons. The minimum Gasteiger partial charge on any atom is -0.329 e. The summed E-state index contributed by atoms with van der Waals surface area (Å²) >= 11 is 5.21. The lowest BCUT2D eigenvalue weighted by molar-refractivity contribution is 0.886. The van der Waals surface area contributed by atoms with E-state index in [4.69, 9.17) is 5.73 Å². The largest absolute Gasteiger partial charge is 0.329 e. The van der Waals surface area contributed by atoms with Gasteiger partial charge in [0.05, 0.1) is 5.25 Å². The Morgan fingerprint density at radius 2 is 1.95 bits per heavy atom. The number of nitrogens with zero attached hydrogens (tertiary/aromatic N) is 3. The van der Waals surface area contributed by atoms with E-state index in [1.165, 1.54) is 5.56 Å². The lowest BCUT2D eigenvalue weighted by Gasteiger charge is -2.15. The number of benzene rings is 1. The van der Waals surface area contributed by atoms with Gasteiger partial charge in [-0.05, 0) is 23.8 Å². The Balaban J connectivity index is 1.94. The van der Waals surface area contributed by atoms with Crippen LogP contribution < -0.4 is 5.73 Å². The molecule has 2 aromatic heterocycles. The second-order valence-electron chi connectivity index (χ2n) is 4.28. The standard InChI is InChI=1S/C14H13BrN4S/c15-11-6-2-1-5-10(11)12(9-16)20-14-18-17-13-7-3-4-8-19(13)14/h1-8,12H,9,16H2. The predicted molar refractivity (Wildman–Crippen MR) is 84.8 cm³/mol. The molecule has 0 aliphatic heterocycles. The molecular weight excluding hydrogens is 336 g/mol. The molecule has 0 spiro atoms. The topological polar surface area (TPSA) is 56.2 Å². The monoisotopic (exact) mass is 348 g/mol. The molecule has 0 fully saturated rings. The van der Waals surface area contributed by atoms with Crippen LogP contribution in [0.1, 0.15) is 10.8 Å². The van der Waals surface area contributed by atoms with Gasteiger partial charge in [0.25, 0.3) is 0 Å². The zero-order valence-electron chi connectivity index (χ0n) is 10.6. The molecule has 4 nitrogen and oxygen atoms in total. The normalized spacial score (nSPS) is 12.7. The second-order valence-corrected chi connectivity index (χ2v) is 6.30. The van der Waals surface area contributed by atoms with E-state index in [1.54, 1.807) is 11.8 Å². The Labute approximate surface area is 129 Å². The minimum absolute atomic E-state index is 0.137. The molecule has 0 radical (unpaired) electrons. The second kappa shape index (κ2) is 5.95. The molecule has 0 aliphatic rings. The summed E-state index contributed by atoms with van der Waals surface area (Å²) in [5, 5.41) is 9.40. The van der Waals surface area contributed by atoms with Crippen LogP contribution in [0.4, 0.5) is 0 Å². The number of thioether (sulfide) groups is 1. The van der Waals surface area contributed by atoms with Crippen LogP contribution in [0.2, 0.25) is 0 Å². The van der Waals surface area contributed by atoms with Gasteiger partial charge in [0, 0.05) is 17.2 Å². The zero-order chi connectivity index (χ0) is 13.9. The third kappa shape index (κ3) is 2.59. The van der Waals surface area contributed by atoms with Crippen molar-refractivity contribution >= 4 is 33.3 Å². The summed E-state index contributed by atoms with van der Waals surface area (Å²) < 4.78 is 3.04. The van der Waals surface area contributed by atoms with Crippen molar-refractivity contribution in [2.45, 2.75) is 10.4 Å². The number of aromatic nitrogens is 3. The molecule has 1 atom stereocenters. The van der Waals surface area contributed by atoms with E-state index in [0.29, 0.717) is 6.54 Å². The van der Waals surface area contributed by atoms with Crippen molar-refractivity contribution in [1.29, 1.82) is 0 Å². The molecule has 0 bridgehead atoms. The number of pyridine rings is 1. The number of rotatable bonds is 4. The first kappa shape index (κ1) is 13.6. The van der Waals surface area contributed by atoms with E-state index in [1.807, 2.05) is 47.0 Å². The van der Waals surface area contributed by atoms with Gasteiger partial charge in [0.15, 0.2) is 10.8 Å². The first-order valence-corrected chi connectivity index (χ1v) is 7.88. The average Bonchev–Trinajstić information content (AvgIpc) is 2.89. The molecule has 0 saturated carbocycles. The van der Waals surface area contributed by atoms with Gasteiger partial charge in [-0.25, -0.2) is 0 Å². The Morgan fingerprint density at radius 3 is 2.75 bits per heavy atom. The summed E-state index contributed by atoms with van der Waals surface area (Å²) in [4.78, 5) is 0. The summed E-state index contributed by atoms with van der Waals surface area (Å²) in [6, 6.07) is 14.0. The molecule has 1 aromatic carbocycles. The molecule has 20 heavy (non-hydrogen) atoms. The first-order chi connectivity index (χ1) is 9.79. The van der Waals surface area contributed by atoms with Gasteiger partial charge in [-0.2, -0.15) is 0 Å². The van der Waals surface area contributed by atoms with Gasteiger partial charge in [0.2, 0.25) is 0 Å². The van der Waals surface area contributed by atoms with Crippen LogP contribution in [0.5, 0.6) is 0 Å². The predicted octanol–water partition coefficient (Wildman–Crippen LogP) is 3.28. The molecule has 1 unspecified atom stereocenters. The maximum absolute atomic E-state index is 5.94. The highest BCUT2D eigenvalue weighted by atomic mass is 79.9. The smallest absolute Gasteiger partial charge is 0.196 e. The molecule has 3 aromatic rings. The maximum Gasteiger partial charge on any atom is 0.196 e. The third-order valence-electron chi connectivity index (χ3n) is 3.00. The van der Waals surface area contributed by atoms with Gasteiger partial charge >= 0.3 is 0 Å². The van der Waals surface area contributed by atoms with Crippen molar-refractivity contribution in [3.05, 3.63) is 58.7 Å². The van der Waals surface area contributed by atoms with Crippen LogP contribution >= 0.6 is 27.7 Å². The highest BCUT2D eigenvalue weighted by molar-refractivity contribution is 9.10. The fourth-order valence-electron chi connectivity index (χ4n) is 2.00.